The molecule has 0 saturated heterocycles. The molecule has 3 heterocycles. The topological polar surface area (TPSA) is 80.0 Å². The van der Waals surface area contributed by atoms with Gasteiger partial charge in [0.15, 0.2) is 5.82 Å². The van der Waals surface area contributed by atoms with E-state index in [1.54, 1.807) is 17.2 Å². The number of H-pyrrole nitrogens is 1. The lowest BCUT2D eigenvalue weighted by Gasteiger charge is -2.07. The number of fused-ring (bicyclic) bond motifs is 3. The molecule has 0 fully saturated rings. The van der Waals surface area contributed by atoms with Crippen LogP contribution in [0.5, 0.6) is 0 Å². The zero-order valence-corrected chi connectivity index (χ0v) is 17.0. The van der Waals surface area contributed by atoms with Crippen molar-refractivity contribution >= 4 is 29.6 Å². The normalized spacial score (nSPS) is 12.2. The van der Waals surface area contributed by atoms with Crippen LogP contribution in [0.15, 0.2) is 64.6 Å². The number of hydrogen-bond donors (Lipinski definition) is 2. The van der Waals surface area contributed by atoms with Crippen molar-refractivity contribution in [2.75, 3.05) is 5.32 Å². The van der Waals surface area contributed by atoms with Crippen LogP contribution in [-0.2, 0) is 13.1 Å². The molecule has 2 N–H and O–H groups in total. The Morgan fingerprint density at radius 1 is 1.00 bits per heavy atom. The maximum atomic E-state index is 12.7. The molecule has 0 radical (unpaired) electrons. The molecule has 0 spiro atoms. The Morgan fingerprint density at radius 3 is 2.47 bits per heavy atom. The molecule has 150 valence electrons. The van der Waals surface area contributed by atoms with E-state index >= 15 is 0 Å². The van der Waals surface area contributed by atoms with Crippen molar-refractivity contribution in [1.82, 2.24) is 19.1 Å². The van der Waals surface area contributed by atoms with Gasteiger partial charge >= 0.3 is 5.69 Å². The highest BCUT2D eigenvalue weighted by Crippen LogP contribution is 2.34. The molecule has 1 aliphatic heterocycles. The minimum Gasteiger partial charge on any atom is -0.330 e. The third-order valence-electron chi connectivity index (χ3n) is 5.15. The van der Waals surface area contributed by atoms with Crippen LogP contribution in [0, 0.1) is 6.92 Å². The fraction of sp³-hybridized carbons (Fsp3) is 0.136. The molecule has 0 aliphatic carbocycles. The first kappa shape index (κ1) is 18.4. The summed E-state index contributed by atoms with van der Waals surface area (Å²) >= 11 is 5.98. The average molecular weight is 419 g/mol. The molecule has 0 saturated carbocycles. The lowest BCUT2D eigenvalue weighted by atomic mass is 10.1. The summed E-state index contributed by atoms with van der Waals surface area (Å²) in [4.78, 5) is 24.7. The summed E-state index contributed by atoms with van der Waals surface area (Å²) < 4.78 is 3.61. The highest BCUT2D eigenvalue weighted by atomic mass is 35.5. The van der Waals surface area contributed by atoms with E-state index in [2.05, 4.69) is 20.3 Å². The molecule has 0 atom stereocenters. The first-order valence-corrected chi connectivity index (χ1v) is 9.93. The van der Waals surface area contributed by atoms with Crippen molar-refractivity contribution in [1.29, 1.82) is 0 Å². The molecule has 4 aromatic rings. The van der Waals surface area contributed by atoms with Gasteiger partial charge in [-0.1, -0.05) is 53.6 Å². The minimum atomic E-state index is -0.193. The Kier molecular flexibility index (Phi) is 4.52. The van der Waals surface area contributed by atoms with Gasteiger partial charge in [0.1, 0.15) is 17.2 Å². The quantitative estimate of drug-likeness (QED) is 0.521. The van der Waals surface area contributed by atoms with Crippen LogP contribution >= 0.6 is 11.6 Å². The van der Waals surface area contributed by atoms with Crippen molar-refractivity contribution < 1.29 is 0 Å². The van der Waals surface area contributed by atoms with E-state index in [4.69, 9.17) is 11.6 Å². The third-order valence-corrected chi connectivity index (χ3v) is 5.40. The summed E-state index contributed by atoms with van der Waals surface area (Å²) in [5.74, 6) is 1.33. The molecule has 0 unspecified atom stereocenters. The van der Waals surface area contributed by atoms with Gasteiger partial charge in [-0.3, -0.25) is 4.57 Å². The smallest absolute Gasteiger partial charge is 0.327 e. The molecule has 1 aliphatic rings. The van der Waals surface area contributed by atoms with Gasteiger partial charge < -0.3 is 14.9 Å². The Morgan fingerprint density at radius 2 is 1.70 bits per heavy atom. The third kappa shape index (κ3) is 3.33. The maximum absolute atomic E-state index is 12.7. The monoisotopic (exact) mass is 418 g/mol. The SMILES string of the molecule is Cc1ccc(Cn2c3c([nH]c2=O)-c2ncn(Cc4ccc(Cl)cc4)c2N=CN3)cc1. The highest BCUT2D eigenvalue weighted by molar-refractivity contribution is 6.30. The van der Waals surface area contributed by atoms with Gasteiger partial charge in [-0.15, -0.1) is 0 Å². The van der Waals surface area contributed by atoms with E-state index in [0.29, 0.717) is 41.1 Å². The number of hydrogen-bond acceptors (Lipinski definition) is 4. The number of rotatable bonds is 4. The first-order valence-electron chi connectivity index (χ1n) is 9.56. The lowest BCUT2D eigenvalue weighted by Crippen LogP contribution is -2.19. The molecular weight excluding hydrogens is 400 g/mol. The average Bonchev–Trinajstić information content (AvgIpc) is 3.21. The van der Waals surface area contributed by atoms with Gasteiger partial charge in [0.05, 0.1) is 25.8 Å². The van der Waals surface area contributed by atoms with Crippen LogP contribution in [0.3, 0.4) is 0 Å². The molecule has 5 rings (SSSR count). The molecule has 0 bridgehead atoms. The standard InChI is InChI=1S/C22H19ClN6O/c1-14-2-4-16(5-3-14)11-29-21-19(27-22(29)30)18-20(24-12-25-21)28(13-26-18)10-15-6-8-17(23)9-7-15/h2-9,12-13H,10-11H2,1H3,(H,24,25)(H,27,30). The van der Waals surface area contributed by atoms with Crippen LogP contribution in [0.25, 0.3) is 11.4 Å². The van der Waals surface area contributed by atoms with E-state index in [0.717, 1.165) is 11.1 Å². The number of benzene rings is 2. The van der Waals surface area contributed by atoms with Gasteiger partial charge in [0.25, 0.3) is 0 Å². The summed E-state index contributed by atoms with van der Waals surface area (Å²) in [6, 6.07) is 15.8. The number of halogens is 1. The second-order valence-electron chi connectivity index (χ2n) is 7.30. The van der Waals surface area contributed by atoms with E-state index in [1.807, 2.05) is 60.0 Å². The van der Waals surface area contributed by atoms with Gasteiger partial charge in [-0.05, 0) is 30.2 Å². The number of aromatic nitrogens is 4. The highest BCUT2D eigenvalue weighted by Gasteiger charge is 2.23. The number of aryl methyl sites for hydroxylation is 1. The van der Waals surface area contributed by atoms with E-state index in [9.17, 15) is 4.79 Å². The molecule has 0 amide bonds. The molecule has 30 heavy (non-hydrogen) atoms. The Bertz CT molecular complexity index is 1300. The fourth-order valence-electron chi connectivity index (χ4n) is 3.56. The van der Waals surface area contributed by atoms with Crippen LogP contribution in [-0.4, -0.2) is 25.4 Å². The van der Waals surface area contributed by atoms with Crippen molar-refractivity contribution in [3.8, 4) is 11.4 Å². The Hall–Kier alpha value is -3.58. The van der Waals surface area contributed by atoms with Crippen LogP contribution in [0.2, 0.25) is 5.02 Å². The van der Waals surface area contributed by atoms with E-state index in [-0.39, 0.29) is 5.69 Å². The summed E-state index contributed by atoms with van der Waals surface area (Å²) in [6.45, 7) is 3.09. The van der Waals surface area contributed by atoms with Gasteiger partial charge in [-0.2, -0.15) is 0 Å². The van der Waals surface area contributed by atoms with E-state index < -0.39 is 0 Å². The van der Waals surface area contributed by atoms with E-state index in [1.165, 1.54) is 5.56 Å². The van der Waals surface area contributed by atoms with Crippen LogP contribution in [0.4, 0.5) is 11.6 Å². The number of imidazole rings is 2. The van der Waals surface area contributed by atoms with Crippen molar-refractivity contribution in [2.45, 2.75) is 20.0 Å². The second kappa shape index (κ2) is 7.35. The first-order chi connectivity index (χ1) is 14.6. The summed E-state index contributed by atoms with van der Waals surface area (Å²) in [6.07, 6.45) is 3.34. The predicted octanol–water partition coefficient (Wildman–Crippen LogP) is 4.18. The second-order valence-corrected chi connectivity index (χ2v) is 7.74. The molecular formula is C22H19ClN6O. The largest absolute Gasteiger partial charge is 0.330 e. The molecule has 8 heteroatoms. The molecule has 2 aromatic carbocycles. The van der Waals surface area contributed by atoms with Gasteiger partial charge in [0.2, 0.25) is 0 Å². The minimum absolute atomic E-state index is 0.193. The maximum Gasteiger partial charge on any atom is 0.327 e. The van der Waals surface area contributed by atoms with Gasteiger partial charge in [-0.25, -0.2) is 14.8 Å². The number of aliphatic imine (C=N–C) groups is 1. The molecule has 7 nitrogen and oxygen atoms in total. The zero-order valence-electron chi connectivity index (χ0n) is 16.3. The summed E-state index contributed by atoms with van der Waals surface area (Å²) in [7, 11) is 0. The lowest BCUT2D eigenvalue weighted by molar-refractivity contribution is 0.770. The van der Waals surface area contributed by atoms with Crippen molar-refractivity contribution in [2.24, 2.45) is 4.99 Å². The number of anilines is 1. The van der Waals surface area contributed by atoms with Crippen LogP contribution in [0.1, 0.15) is 16.7 Å². The summed E-state index contributed by atoms with van der Waals surface area (Å²) in [5.41, 5.74) is 4.38. The van der Waals surface area contributed by atoms with Crippen molar-refractivity contribution in [3.63, 3.8) is 0 Å². The fourth-order valence-corrected chi connectivity index (χ4v) is 3.69. The predicted molar refractivity (Wildman–Crippen MR) is 119 cm³/mol. The number of nitrogens with one attached hydrogen (secondary N) is 2. The molecule has 2 aromatic heterocycles. The summed E-state index contributed by atoms with van der Waals surface area (Å²) in [5, 5.41) is 3.84. The van der Waals surface area contributed by atoms with Crippen molar-refractivity contribution in [3.05, 3.63) is 87.1 Å². The Labute approximate surface area is 177 Å². The van der Waals surface area contributed by atoms with Crippen LogP contribution < -0.4 is 11.0 Å². The number of aromatic amines is 1. The zero-order chi connectivity index (χ0) is 20.7. The number of nitrogens with zero attached hydrogens (tertiary/aromatic N) is 4. The Balaban J connectivity index is 1.52. The van der Waals surface area contributed by atoms with Gasteiger partial charge in [0, 0.05) is 5.02 Å².